The van der Waals surface area contributed by atoms with Gasteiger partial charge in [-0.3, -0.25) is 0 Å². The van der Waals surface area contributed by atoms with Crippen LogP contribution in [-0.4, -0.2) is 43.9 Å². The van der Waals surface area contributed by atoms with Crippen molar-refractivity contribution in [1.82, 2.24) is 9.97 Å². The van der Waals surface area contributed by atoms with Crippen LogP contribution in [0.5, 0.6) is 5.75 Å². The molecular formula is C10H19N5O2. The van der Waals surface area contributed by atoms with Gasteiger partial charge in [0.25, 0.3) is 0 Å². The zero-order valence-corrected chi connectivity index (χ0v) is 10.4. The van der Waals surface area contributed by atoms with Gasteiger partial charge < -0.3 is 19.8 Å². The number of nitrogens with one attached hydrogen (secondary N) is 1. The van der Waals surface area contributed by atoms with Crippen LogP contribution in [0.4, 0.5) is 11.6 Å². The van der Waals surface area contributed by atoms with Gasteiger partial charge in [-0.05, 0) is 6.92 Å². The van der Waals surface area contributed by atoms with E-state index in [2.05, 4.69) is 15.4 Å². The first-order valence-electron chi connectivity index (χ1n) is 5.37. The van der Waals surface area contributed by atoms with Crippen molar-refractivity contribution in [2.45, 2.75) is 6.92 Å². The lowest BCUT2D eigenvalue weighted by atomic mass is 10.4. The van der Waals surface area contributed by atoms with E-state index in [4.69, 9.17) is 15.3 Å². The maximum Gasteiger partial charge on any atom is 0.205 e. The van der Waals surface area contributed by atoms with Gasteiger partial charge in [-0.25, -0.2) is 15.8 Å². The van der Waals surface area contributed by atoms with Crippen LogP contribution in [0.2, 0.25) is 0 Å². The predicted molar refractivity (Wildman–Crippen MR) is 66.2 cm³/mol. The van der Waals surface area contributed by atoms with Gasteiger partial charge in [0.1, 0.15) is 6.33 Å². The lowest BCUT2D eigenvalue weighted by Gasteiger charge is -2.23. The number of hydrogen-bond donors (Lipinski definition) is 2. The SMILES string of the molecule is CCN(CCOC)c1ncnc(NN)c1OC. The van der Waals surface area contributed by atoms with Crippen molar-refractivity contribution in [2.75, 3.05) is 44.2 Å². The molecule has 1 aromatic rings. The number of nitrogen functional groups attached to an aromatic ring is 1. The molecule has 0 unspecified atom stereocenters. The number of ether oxygens (including phenoxy) is 2. The van der Waals surface area contributed by atoms with Gasteiger partial charge >= 0.3 is 0 Å². The highest BCUT2D eigenvalue weighted by molar-refractivity contribution is 5.64. The van der Waals surface area contributed by atoms with E-state index in [1.54, 1.807) is 14.2 Å². The molecule has 0 radical (unpaired) electrons. The summed E-state index contributed by atoms with van der Waals surface area (Å²) in [6.07, 6.45) is 1.45. The molecule has 1 heterocycles. The van der Waals surface area contributed by atoms with E-state index in [1.807, 2.05) is 11.8 Å². The lowest BCUT2D eigenvalue weighted by molar-refractivity contribution is 0.205. The first-order valence-corrected chi connectivity index (χ1v) is 5.37. The smallest absolute Gasteiger partial charge is 0.205 e. The van der Waals surface area contributed by atoms with Crippen LogP contribution in [0.15, 0.2) is 6.33 Å². The minimum absolute atomic E-state index is 0.466. The Morgan fingerprint density at radius 2 is 2.18 bits per heavy atom. The summed E-state index contributed by atoms with van der Waals surface area (Å²) in [7, 11) is 3.23. The summed E-state index contributed by atoms with van der Waals surface area (Å²) in [5.41, 5.74) is 2.49. The molecule has 17 heavy (non-hydrogen) atoms. The van der Waals surface area contributed by atoms with Crippen LogP contribution >= 0.6 is 0 Å². The molecule has 1 rings (SSSR count). The van der Waals surface area contributed by atoms with Crippen LogP contribution in [0, 0.1) is 0 Å². The third-order valence-electron chi connectivity index (χ3n) is 2.37. The summed E-state index contributed by atoms with van der Waals surface area (Å²) in [4.78, 5) is 10.2. The molecule has 7 nitrogen and oxygen atoms in total. The average molecular weight is 241 g/mol. The van der Waals surface area contributed by atoms with E-state index in [0.717, 1.165) is 13.1 Å². The van der Waals surface area contributed by atoms with E-state index < -0.39 is 0 Å². The van der Waals surface area contributed by atoms with Gasteiger partial charge in [-0.1, -0.05) is 0 Å². The Kier molecular flexibility index (Phi) is 5.44. The molecule has 0 aliphatic rings. The van der Waals surface area contributed by atoms with E-state index in [1.165, 1.54) is 6.33 Å². The van der Waals surface area contributed by atoms with Crippen LogP contribution in [0.25, 0.3) is 0 Å². The Morgan fingerprint density at radius 1 is 1.41 bits per heavy atom. The molecule has 0 aliphatic heterocycles. The van der Waals surface area contributed by atoms with Crippen molar-refractivity contribution >= 4 is 11.6 Å². The Labute approximate surface area is 101 Å². The number of methoxy groups -OCH3 is 2. The Hall–Kier alpha value is -1.60. The normalized spacial score (nSPS) is 10.1. The highest BCUT2D eigenvalue weighted by Crippen LogP contribution is 2.30. The van der Waals surface area contributed by atoms with Gasteiger partial charge in [-0.15, -0.1) is 0 Å². The maximum absolute atomic E-state index is 5.37. The zero-order valence-electron chi connectivity index (χ0n) is 10.4. The van der Waals surface area contributed by atoms with Gasteiger partial charge in [0, 0.05) is 20.2 Å². The second kappa shape index (κ2) is 6.87. The fourth-order valence-electron chi connectivity index (χ4n) is 1.50. The summed E-state index contributed by atoms with van der Waals surface area (Å²) in [5.74, 6) is 7.08. The van der Waals surface area contributed by atoms with Gasteiger partial charge in [0.15, 0.2) is 11.6 Å². The number of aromatic nitrogens is 2. The third kappa shape index (κ3) is 3.18. The summed E-state index contributed by atoms with van der Waals surface area (Å²) >= 11 is 0. The standard InChI is InChI=1S/C10H19N5O2/c1-4-15(5-6-16-2)10-8(17-3)9(14-11)12-7-13-10/h7H,4-6,11H2,1-3H3,(H,12,13,14). The molecule has 0 atom stereocenters. The fourth-order valence-corrected chi connectivity index (χ4v) is 1.50. The van der Waals surface area contributed by atoms with Gasteiger partial charge in [0.05, 0.1) is 13.7 Å². The van der Waals surface area contributed by atoms with Crippen LogP contribution < -0.4 is 20.9 Å². The van der Waals surface area contributed by atoms with Crippen molar-refractivity contribution in [1.29, 1.82) is 0 Å². The van der Waals surface area contributed by atoms with E-state index >= 15 is 0 Å². The second-order valence-corrected chi connectivity index (χ2v) is 3.30. The molecule has 0 amide bonds. The maximum atomic E-state index is 5.37. The number of nitrogens with two attached hydrogens (primary N) is 1. The van der Waals surface area contributed by atoms with Gasteiger partial charge in [-0.2, -0.15) is 0 Å². The fraction of sp³-hybridized carbons (Fsp3) is 0.600. The molecule has 0 aliphatic carbocycles. The topological polar surface area (TPSA) is 85.5 Å². The van der Waals surface area contributed by atoms with Crippen LogP contribution in [0.1, 0.15) is 6.92 Å². The third-order valence-corrected chi connectivity index (χ3v) is 2.37. The van der Waals surface area contributed by atoms with Crippen molar-refractivity contribution < 1.29 is 9.47 Å². The number of likely N-dealkylation sites (N-methyl/N-ethyl adjacent to an activating group) is 1. The minimum Gasteiger partial charge on any atom is -0.490 e. The molecule has 0 aromatic carbocycles. The van der Waals surface area contributed by atoms with Crippen LogP contribution in [-0.2, 0) is 4.74 Å². The number of nitrogens with zero attached hydrogens (tertiary/aromatic N) is 3. The first-order chi connectivity index (χ1) is 8.28. The molecule has 0 saturated heterocycles. The lowest BCUT2D eigenvalue weighted by Crippen LogP contribution is -2.28. The second-order valence-electron chi connectivity index (χ2n) is 3.30. The summed E-state index contributed by atoms with van der Waals surface area (Å²) in [6, 6.07) is 0. The summed E-state index contributed by atoms with van der Waals surface area (Å²) in [5, 5.41) is 0. The molecule has 1 aromatic heterocycles. The predicted octanol–water partition coefficient (Wildman–Crippen LogP) is 0.244. The molecule has 0 saturated carbocycles. The van der Waals surface area contributed by atoms with Crippen molar-refractivity contribution in [3.63, 3.8) is 0 Å². The Balaban J connectivity index is 3.00. The quantitative estimate of drug-likeness (QED) is 0.522. The molecule has 0 spiro atoms. The number of rotatable bonds is 7. The molecule has 96 valence electrons. The highest BCUT2D eigenvalue weighted by Gasteiger charge is 2.16. The van der Waals surface area contributed by atoms with Crippen LogP contribution in [0.3, 0.4) is 0 Å². The first kappa shape index (κ1) is 13.5. The Morgan fingerprint density at radius 3 is 2.71 bits per heavy atom. The van der Waals surface area contributed by atoms with Gasteiger partial charge in [0.2, 0.25) is 5.75 Å². The zero-order chi connectivity index (χ0) is 12.7. The molecular weight excluding hydrogens is 222 g/mol. The summed E-state index contributed by atoms with van der Waals surface area (Å²) in [6.45, 7) is 4.17. The number of hydrazine groups is 1. The van der Waals surface area contributed by atoms with Crippen molar-refractivity contribution in [2.24, 2.45) is 5.84 Å². The average Bonchev–Trinajstić information content (AvgIpc) is 2.39. The monoisotopic (exact) mass is 241 g/mol. The molecule has 0 fully saturated rings. The summed E-state index contributed by atoms with van der Waals surface area (Å²) < 4.78 is 10.3. The largest absolute Gasteiger partial charge is 0.490 e. The Bertz CT molecular complexity index is 347. The van der Waals surface area contributed by atoms with Crippen molar-refractivity contribution in [3.8, 4) is 5.75 Å². The molecule has 7 heteroatoms. The van der Waals surface area contributed by atoms with E-state index in [-0.39, 0.29) is 0 Å². The van der Waals surface area contributed by atoms with Crippen molar-refractivity contribution in [3.05, 3.63) is 6.33 Å². The van der Waals surface area contributed by atoms with E-state index in [9.17, 15) is 0 Å². The number of anilines is 2. The molecule has 3 N–H and O–H groups in total. The minimum atomic E-state index is 0.466. The highest BCUT2D eigenvalue weighted by atomic mass is 16.5. The molecule has 0 bridgehead atoms. The number of hydrogen-bond acceptors (Lipinski definition) is 7. The van der Waals surface area contributed by atoms with E-state index in [0.29, 0.717) is 24.0 Å².